The van der Waals surface area contributed by atoms with Crippen molar-refractivity contribution in [2.45, 2.75) is 120 Å². The van der Waals surface area contributed by atoms with Crippen molar-refractivity contribution in [3.8, 4) is 0 Å². The van der Waals surface area contributed by atoms with E-state index in [1.807, 2.05) is 17.9 Å². The molecule has 1 saturated carbocycles. The SMILES string of the molecule is C=C(C=N/C=C(\C)C1CCC(=O)NC1=O)N1CCC(CN2CCC(CC3CCN(C(=O)[C@@H]4NC5(CCCCC5)[C@@]5(C(=O)Nc6cc(Cl)ccc65)C4c4cccc(Cl)c4F)CC3)CC2)CC1. The number of imide groups is 1. The average molecular weight is 929 g/mol. The van der Waals surface area contributed by atoms with Gasteiger partial charge in [0, 0.05) is 79.4 Å². The van der Waals surface area contributed by atoms with E-state index >= 15 is 9.18 Å². The van der Waals surface area contributed by atoms with Crippen LogP contribution in [0.25, 0.3) is 0 Å². The zero-order chi connectivity index (χ0) is 45.5. The molecule has 6 fully saturated rings. The van der Waals surface area contributed by atoms with Gasteiger partial charge in [-0.2, -0.15) is 0 Å². The largest absolute Gasteiger partial charge is 0.371 e. The van der Waals surface area contributed by atoms with Crippen LogP contribution in [0, 0.1) is 29.5 Å². The summed E-state index contributed by atoms with van der Waals surface area (Å²) in [5.41, 5.74) is 1.46. The van der Waals surface area contributed by atoms with Crippen molar-refractivity contribution in [3.63, 3.8) is 0 Å². The summed E-state index contributed by atoms with van der Waals surface area (Å²) in [6, 6.07) is 9.63. The molecule has 2 spiro atoms. The molecule has 5 saturated heterocycles. The maximum Gasteiger partial charge on any atom is 0.240 e. The molecule has 4 amide bonds. The van der Waals surface area contributed by atoms with Crippen LogP contribution in [-0.4, -0.2) is 102 Å². The molecule has 0 radical (unpaired) electrons. The highest BCUT2D eigenvalue weighted by Crippen LogP contribution is 2.63. The van der Waals surface area contributed by atoms with Crippen molar-refractivity contribution in [1.82, 2.24) is 25.3 Å². The summed E-state index contributed by atoms with van der Waals surface area (Å²) in [7, 11) is 0. The number of allylic oxidation sites excluding steroid dienone is 1. The predicted molar refractivity (Wildman–Crippen MR) is 253 cm³/mol. The number of aliphatic imine (C=N–C) groups is 1. The molecule has 0 aromatic heterocycles. The molecule has 3 N–H and O–H groups in total. The molecule has 6 heterocycles. The van der Waals surface area contributed by atoms with Gasteiger partial charge in [-0.1, -0.05) is 67.2 Å². The standard InChI is InChI=1S/C51H64Cl2FN7O4/c1-32(38-10-12-43(62)57-47(38)63)29-55-30-33(2)60-23-17-36(18-24-60)31-59-21-13-34(14-22-59)27-35-15-25-61(26-16-35)48(64)46-44(39-7-6-8-41(53)45(39)54)51(50(58-46)19-4-3-5-20-50)40-11-9-37(52)28-42(40)56-49(51)65/h6-9,11,28-30,34-36,38,44,46,58H,2-5,10,12-27,31H2,1H3,(H,56,65)(H,57,62,63)/b32-29+,55-30?/t38?,44?,46-,51-/m1/s1. The van der Waals surface area contributed by atoms with Crippen LogP contribution in [0.3, 0.4) is 0 Å². The predicted octanol–water partition coefficient (Wildman–Crippen LogP) is 8.37. The van der Waals surface area contributed by atoms with Gasteiger partial charge in [0.2, 0.25) is 23.6 Å². The molecule has 2 unspecified atom stereocenters. The van der Waals surface area contributed by atoms with Crippen molar-refractivity contribution < 1.29 is 23.6 Å². The molecule has 2 aromatic carbocycles. The van der Waals surface area contributed by atoms with Gasteiger partial charge in [0.05, 0.1) is 17.0 Å². The number of carbonyl (C=O) groups is 4. The van der Waals surface area contributed by atoms with Crippen molar-refractivity contribution >= 4 is 58.7 Å². The third kappa shape index (κ3) is 8.94. The lowest BCUT2D eigenvalue weighted by atomic mass is 9.55. The maximum absolute atomic E-state index is 16.4. The topological polar surface area (TPSA) is 126 Å². The quantitative estimate of drug-likeness (QED) is 0.162. The second kappa shape index (κ2) is 19.2. The Hall–Kier alpha value is -4.10. The van der Waals surface area contributed by atoms with Crippen LogP contribution in [0.5, 0.6) is 0 Å². The fraction of sp³-hybridized carbons (Fsp3) is 0.588. The molecule has 11 nitrogen and oxygen atoms in total. The summed E-state index contributed by atoms with van der Waals surface area (Å²) < 4.78 is 16.4. The molecule has 348 valence electrons. The van der Waals surface area contributed by atoms with Gasteiger partial charge >= 0.3 is 0 Å². The van der Waals surface area contributed by atoms with E-state index in [4.69, 9.17) is 23.2 Å². The number of anilines is 1. The minimum absolute atomic E-state index is 0.0176. The van der Waals surface area contributed by atoms with E-state index in [0.717, 1.165) is 94.5 Å². The Labute approximate surface area is 393 Å². The molecule has 0 bridgehead atoms. The van der Waals surface area contributed by atoms with Crippen LogP contribution in [-0.2, 0) is 24.6 Å². The van der Waals surface area contributed by atoms with Gasteiger partial charge < -0.3 is 20.0 Å². The Kier molecular flexibility index (Phi) is 13.6. The van der Waals surface area contributed by atoms with E-state index in [1.165, 1.54) is 25.3 Å². The molecule has 4 atom stereocenters. The number of rotatable bonds is 10. The number of benzene rings is 2. The number of halogens is 3. The highest BCUT2D eigenvalue weighted by atomic mass is 35.5. The van der Waals surface area contributed by atoms with E-state index < -0.39 is 28.7 Å². The van der Waals surface area contributed by atoms with Gasteiger partial charge in [0.1, 0.15) is 11.2 Å². The summed E-state index contributed by atoms with van der Waals surface area (Å²) in [5.74, 6) is -0.523. The number of amides is 4. The first-order valence-electron chi connectivity index (χ1n) is 24.2. The van der Waals surface area contributed by atoms with Crippen LogP contribution < -0.4 is 16.0 Å². The van der Waals surface area contributed by atoms with E-state index in [1.54, 1.807) is 36.7 Å². The smallest absolute Gasteiger partial charge is 0.240 e. The number of piperidine rings is 4. The van der Waals surface area contributed by atoms with Crippen LogP contribution in [0.15, 0.2) is 65.4 Å². The number of carbonyl (C=O) groups excluding carboxylic acids is 4. The molecular formula is C51H64Cl2FN7O4. The first kappa shape index (κ1) is 46.0. The summed E-state index contributed by atoms with van der Waals surface area (Å²) in [6.45, 7) is 12.7. The second-order valence-electron chi connectivity index (χ2n) is 20.2. The third-order valence-electron chi connectivity index (χ3n) is 16.4. The van der Waals surface area contributed by atoms with Crippen LogP contribution in [0.2, 0.25) is 10.0 Å². The molecule has 14 heteroatoms. The van der Waals surface area contributed by atoms with Crippen LogP contribution in [0.1, 0.15) is 114 Å². The van der Waals surface area contributed by atoms with Crippen LogP contribution in [0.4, 0.5) is 10.1 Å². The molecule has 6 aliphatic heterocycles. The first-order chi connectivity index (χ1) is 31.4. The summed E-state index contributed by atoms with van der Waals surface area (Å²) in [6.07, 6.45) is 16.4. The Bertz CT molecular complexity index is 2240. The lowest BCUT2D eigenvalue weighted by Crippen LogP contribution is -2.60. The molecule has 7 aliphatic rings. The van der Waals surface area contributed by atoms with E-state index in [9.17, 15) is 14.4 Å². The normalized spacial score (nSPS) is 28.3. The maximum atomic E-state index is 16.4. The van der Waals surface area contributed by atoms with Gasteiger partial charge in [0.25, 0.3) is 0 Å². The van der Waals surface area contributed by atoms with E-state index in [-0.39, 0.29) is 34.6 Å². The van der Waals surface area contributed by atoms with Crippen molar-refractivity contribution in [2.24, 2.45) is 28.7 Å². The van der Waals surface area contributed by atoms with E-state index in [2.05, 4.69) is 37.3 Å². The van der Waals surface area contributed by atoms with Gasteiger partial charge in [-0.15, -0.1) is 0 Å². The van der Waals surface area contributed by atoms with Crippen molar-refractivity contribution in [3.05, 3.63) is 87.4 Å². The fourth-order valence-corrected chi connectivity index (χ4v) is 13.3. The molecule has 65 heavy (non-hydrogen) atoms. The summed E-state index contributed by atoms with van der Waals surface area (Å²) >= 11 is 12.9. The molecule has 9 rings (SSSR count). The third-order valence-corrected chi connectivity index (χ3v) is 16.9. The Morgan fingerprint density at radius 3 is 2.26 bits per heavy atom. The highest BCUT2D eigenvalue weighted by molar-refractivity contribution is 6.31. The summed E-state index contributed by atoms with van der Waals surface area (Å²) in [4.78, 5) is 64.9. The lowest BCUT2D eigenvalue weighted by molar-refractivity contribution is -0.136. The Balaban J connectivity index is 0.774. The zero-order valence-electron chi connectivity index (χ0n) is 37.7. The van der Waals surface area contributed by atoms with Crippen molar-refractivity contribution in [1.29, 1.82) is 0 Å². The Morgan fingerprint density at radius 2 is 1.55 bits per heavy atom. The van der Waals surface area contributed by atoms with Gasteiger partial charge in [-0.3, -0.25) is 34.8 Å². The van der Waals surface area contributed by atoms with Crippen molar-refractivity contribution in [2.75, 3.05) is 51.1 Å². The van der Waals surface area contributed by atoms with E-state index in [0.29, 0.717) is 72.8 Å². The molecule has 2 aromatic rings. The number of nitrogens with one attached hydrogen (secondary N) is 3. The number of likely N-dealkylation sites (tertiary alicyclic amines) is 3. The number of hydrogen-bond donors (Lipinski definition) is 3. The number of hydrogen-bond acceptors (Lipinski definition) is 8. The number of nitrogens with zero attached hydrogens (tertiary/aromatic N) is 4. The summed E-state index contributed by atoms with van der Waals surface area (Å²) in [5, 5.41) is 9.86. The first-order valence-corrected chi connectivity index (χ1v) is 24.9. The average Bonchev–Trinajstić information content (AvgIpc) is 3.75. The Morgan fingerprint density at radius 1 is 0.877 bits per heavy atom. The minimum Gasteiger partial charge on any atom is -0.371 e. The molecular weight excluding hydrogens is 865 g/mol. The van der Waals surface area contributed by atoms with Gasteiger partial charge in [0.15, 0.2) is 0 Å². The highest BCUT2D eigenvalue weighted by Gasteiger charge is 2.72. The number of fused-ring (bicyclic) bond motifs is 3. The van der Waals surface area contributed by atoms with Crippen LogP contribution >= 0.6 is 23.2 Å². The van der Waals surface area contributed by atoms with Gasteiger partial charge in [-0.25, -0.2) is 4.39 Å². The second-order valence-corrected chi connectivity index (χ2v) is 21.0. The fourth-order valence-electron chi connectivity index (χ4n) is 13.0. The lowest BCUT2D eigenvalue weighted by Gasteiger charge is -2.47. The minimum atomic E-state index is -1.23. The van der Waals surface area contributed by atoms with Gasteiger partial charge in [-0.05, 0) is 137 Å². The zero-order valence-corrected chi connectivity index (χ0v) is 39.2. The molecule has 1 aliphatic carbocycles. The monoisotopic (exact) mass is 927 g/mol.